The Morgan fingerprint density at radius 1 is 1.21 bits per heavy atom. The highest BCUT2D eigenvalue weighted by molar-refractivity contribution is 5.33. The molecule has 0 aromatic carbocycles. The predicted molar refractivity (Wildman–Crippen MR) is 74.5 cm³/mol. The highest BCUT2D eigenvalue weighted by atomic mass is 16.5. The zero-order chi connectivity index (χ0) is 13.1. The summed E-state index contributed by atoms with van der Waals surface area (Å²) in [6.45, 7) is 3.78. The monoisotopic (exact) mass is 262 g/mol. The summed E-state index contributed by atoms with van der Waals surface area (Å²) in [7, 11) is 2.02. The van der Waals surface area contributed by atoms with Crippen molar-refractivity contribution >= 4 is 5.95 Å². The second-order valence-electron chi connectivity index (χ2n) is 5.42. The number of anilines is 1. The maximum Gasteiger partial charge on any atom is 0.225 e. The lowest BCUT2D eigenvalue weighted by atomic mass is 9.94. The highest BCUT2D eigenvalue weighted by Crippen LogP contribution is 2.26. The van der Waals surface area contributed by atoms with Gasteiger partial charge in [0, 0.05) is 44.7 Å². The van der Waals surface area contributed by atoms with Crippen molar-refractivity contribution in [3.63, 3.8) is 0 Å². The van der Waals surface area contributed by atoms with Crippen molar-refractivity contribution in [2.75, 3.05) is 38.3 Å². The molecule has 0 saturated carbocycles. The topological polar surface area (TPSA) is 50.3 Å². The van der Waals surface area contributed by atoms with Gasteiger partial charge < -0.3 is 15.0 Å². The van der Waals surface area contributed by atoms with E-state index in [0.29, 0.717) is 12.0 Å². The third kappa shape index (κ3) is 2.87. The first-order chi connectivity index (χ1) is 9.36. The van der Waals surface area contributed by atoms with E-state index in [1.165, 1.54) is 12.0 Å². The van der Waals surface area contributed by atoms with Crippen LogP contribution in [0.25, 0.3) is 0 Å². The molecule has 5 nitrogen and oxygen atoms in total. The zero-order valence-corrected chi connectivity index (χ0v) is 11.5. The van der Waals surface area contributed by atoms with Gasteiger partial charge >= 0.3 is 0 Å². The molecular weight excluding hydrogens is 240 g/mol. The molecule has 104 valence electrons. The van der Waals surface area contributed by atoms with Crippen molar-refractivity contribution in [1.29, 1.82) is 0 Å². The average Bonchev–Trinajstić information content (AvgIpc) is 2.97. The van der Waals surface area contributed by atoms with Crippen LogP contribution in [0.1, 0.15) is 30.7 Å². The van der Waals surface area contributed by atoms with E-state index in [1.54, 1.807) is 0 Å². The second-order valence-corrected chi connectivity index (χ2v) is 5.42. The molecule has 2 saturated heterocycles. The molecule has 3 rings (SSSR count). The van der Waals surface area contributed by atoms with Crippen LogP contribution in [-0.4, -0.2) is 49.4 Å². The fourth-order valence-electron chi connectivity index (χ4n) is 2.91. The van der Waals surface area contributed by atoms with E-state index in [2.05, 4.69) is 20.2 Å². The number of nitrogens with one attached hydrogen (secondary N) is 1. The van der Waals surface area contributed by atoms with E-state index in [0.717, 1.165) is 45.1 Å². The molecule has 2 fully saturated rings. The molecule has 1 aromatic rings. The molecule has 5 heteroatoms. The van der Waals surface area contributed by atoms with Crippen molar-refractivity contribution in [3.8, 4) is 0 Å². The van der Waals surface area contributed by atoms with Crippen molar-refractivity contribution in [2.45, 2.75) is 31.2 Å². The van der Waals surface area contributed by atoms with Crippen molar-refractivity contribution in [2.24, 2.45) is 0 Å². The molecule has 0 bridgehead atoms. The van der Waals surface area contributed by atoms with Crippen LogP contribution in [0.5, 0.6) is 0 Å². The third-order valence-electron chi connectivity index (χ3n) is 4.23. The molecule has 2 aliphatic heterocycles. The standard InChI is InChI=1S/C14H22N4O/c1-15-13-2-5-18(10-13)14-16-8-12(9-17-14)11-3-6-19-7-4-11/h8-9,11,13,15H,2-7,10H2,1H3. The Morgan fingerprint density at radius 3 is 2.58 bits per heavy atom. The Balaban J connectivity index is 1.65. The van der Waals surface area contributed by atoms with Gasteiger partial charge in [-0.15, -0.1) is 0 Å². The fourth-order valence-corrected chi connectivity index (χ4v) is 2.91. The van der Waals surface area contributed by atoms with Gasteiger partial charge in [0.05, 0.1) is 0 Å². The van der Waals surface area contributed by atoms with Gasteiger partial charge in [-0.1, -0.05) is 0 Å². The first-order valence-corrected chi connectivity index (χ1v) is 7.18. The average molecular weight is 262 g/mol. The molecule has 0 aliphatic carbocycles. The molecule has 1 aromatic heterocycles. The molecule has 3 heterocycles. The van der Waals surface area contributed by atoms with Crippen LogP contribution in [0.15, 0.2) is 12.4 Å². The number of rotatable bonds is 3. The van der Waals surface area contributed by atoms with E-state index in [-0.39, 0.29) is 0 Å². The fraction of sp³-hybridized carbons (Fsp3) is 0.714. The minimum Gasteiger partial charge on any atom is -0.381 e. The first-order valence-electron chi connectivity index (χ1n) is 7.18. The minimum atomic E-state index is 0.568. The lowest BCUT2D eigenvalue weighted by Gasteiger charge is -2.22. The van der Waals surface area contributed by atoms with Crippen molar-refractivity contribution < 1.29 is 4.74 Å². The summed E-state index contributed by atoms with van der Waals surface area (Å²) < 4.78 is 5.39. The van der Waals surface area contributed by atoms with E-state index >= 15 is 0 Å². The summed E-state index contributed by atoms with van der Waals surface area (Å²) in [5, 5.41) is 3.32. The molecule has 19 heavy (non-hydrogen) atoms. The molecule has 1 N–H and O–H groups in total. The molecule has 1 atom stereocenters. The van der Waals surface area contributed by atoms with Crippen LogP contribution < -0.4 is 10.2 Å². The van der Waals surface area contributed by atoms with Gasteiger partial charge in [-0.25, -0.2) is 9.97 Å². The Hall–Kier alpha value is -1.20. The molecule has 1 unspecified atom stereocenters. The van der Waals surface area contributed by atoms with Gasteiger partial charge in [0.15, 0.2) is 0 Å². The van der Waals surface area contributed by atoms with E-state index < -0.39 is 0 Å². The van der Waals surface area contributed by atoms with Gasteiger partial charge in [-0.05, 0) is 37.8 Å². The van der Waals surface area contributed by atoms with E-state index in [4.69, 9.17) is 4.74 Å². The first kappa shape index (κ1) is 12.8. The van der Waals surface area contributed by atoms with Crippen LogP contribution >= 0.6 is 0 Å². The summed E-state index contributed by atoms with van der Waals surface area (Å²) >= 11 is 0. The largest absolute Gasteiger partial charge is 0.381 e. The van der Waals surface area contributed by atoms with Gasteiger partial charge in [-0.2, -0.15) is 0 Å². The van der Waals surface area contributed by atoms with Crippen molar-refractivity contribution in [3.05, 3.63) is 18.0 Å². The molecule has 0 radical (unpaired) electrons. The number of aromatic nitrogens is 2. The zero-order valence-electron chi connectivity index (χ0n) is 11.5. The molecular formula is C14H22N4O. The summed E-state index contributed by atoms with van der Waals surface area (Å²) in [5.74, 6) is 1.44. The molecule has 0 amide bonds. The summed E-state index contributed by atoms with van der Waals surface area (Å²) in [5.41, 5.74) is 1.26. The summed E-state index contributed by atoms with van der Waals surface area (Å²) in [4.78, 5) is 11.4. The third-order valence-corrected chi connectivity index (χ3v) is 4.23. The lowest BCUT2D eigenvalue weighted by molar-refractivity contribution is 0.0852. The number of likely N-dealkylation sites (N-methyl/N-ethyl adjacent to an activating group) is 1. The van der Waals surface area contributed by atoms with Crippen LogP contribution in [-0.2, 0) is 4.74 Å². The van der Waals surface area contributed by atoms with E-state index in [1.807, 2.05) is 19.4 Å². The second kappa shape index (κ2) is 5.84. The molecule has 2 aliphatic rings. The lowest BCUT2D eigenvalue weighted by Crippen LogP contribution is -2.30. The Kier molecular flexibility index (Phi) is 3.94. The van der Waals surface area contributed by atoms with Gasteiger partial charge in [0.2, 0.25) is 5.95 Å². The number of hydrogen-bond donors (Lipinski definition) is 1. The van der Waals surface area contributed by atoms with Crippen LogP contribution in [0.3, 0.4) is 0 Å². The van der Waals surface area contributed by atoms with Gasteiger partial charge in [0.25, 0.3) is 0 Å². The minimum absolute atomic E-state index is 0.568. The maximum absolute atomic E-state index is 5.39. The normalized spacial score (nSPS) is 24.9. The smallest absolute Gasteiger partial charge is 0.225 e. The number of hydrogen-bond acceptors (Lipinski definition) is 5. The number of ether oxygens (including phenoxy) is 1. The maximum atomic E-state index is 5.39. The Morgan fingerprint density at radius 2 is 1.95 bits per heavy atom. The van der Waals surface area contributed by atoms with Crippen LogP contribution in [0, 0.1) is 0 Å². The van der Waals surface area contributed by atoms with Crippen molar-refractivity contribution in [1.82, 2.24) is 15.3 Å². The molecule has 0 spiro atoms. The highest BCUT2D eigenvalue weighted by Gasteiger charge is 2.23. The summed E-state index contributed by atoms with van der Waals surface area (Å²) in [6.07, 6.45) is 7.36. The Labute approximate surface area is 114 Å². The predicted octanol–water partition coefficient (Wildman–Crippen LogP) is 1.17. The van der Waals surface area contributed by atoms with Crippen LogP contribution in [0.2, 0.25) is 0 Å². The SMILES string of the molecule is CNC1CCN(c2ncc(C3CCOCC3)cn2)C1. The van der Waals surface area contributed by atoms with Gasteiger partial charge in [-0.3, -0.25) is 0 Å². The van der Waals surface area contributed by atoms with Gasteiger partial charge in [0.1, 0.15) is 0 Å². The Bertz CT molecular complexity index is 402. The van der Waals surface area contributed by atoms with Crippen LogP contribution in [0.4, 0.5) is 5.95 Å². The van der Waals surface area contributed by atoms with E-state index in [9.17, 15) is 0 Å². The quantitative estimate of drug-likeness (QED) is 0.886. The number of nitrogens with zero attached hydrogens (tertiary/aromatic N) is 3. The summed E-state index contributed by atoms with van der Waals surface area (Å²) in [6, 6.07) is 0.568.